The molecular weight excluding hydrogens is 308 g/mol. The largest absolute Gasteiger partial charge is 0.338 e. The molecule has 10 heteroatoms. The average molecular weight is 330 g/mol. The number of rotatable bonds is 5. The van der Waals surface area contributed by atoms with Crippen molar-refractivity contribution in [3.63, 3.8) is 0 Å². The predicted octanol–water partition coefficient (Wildman–Crippen LogP) is 0.0911. The van der Waals surface area contributed by atoms with E-state index in [1.54, 1.807) is 10.9 Å². The van der Waals surface area contributed by atoms with Gasteiger partial charge in [-0.05, 0) is 25.7 Å². The lowest BCUT2D eigenvalue weighted by molar-refractivity contribution is 0.239. The Balaban J connectivity index is 1.78. The van der Waals surface area contributed by atoms with Crippen LogP contribution in [0.1, 0.15) is 19.8 Å². The monoisotopic (exact) mass is 330 g/mol. The molecule has 0 radical (unpaired) electrons. The van der Waals surface area contributed by atoms with Crippen LogP contribution in [0, 0.1) is 5.92 Å². The summed E-state index contributed by atoms with van der Waals surface area (Å²) in [5, 5.41) is 13.0. The quantitative estimate of drug-likeness (QED) is 0.795. The summed E-state index contributed by atoms with van der Waals surface area (Å²) in [7, 11) is -3.16. The van der Waals surface area contributed by atoms with Crippen LogP contribution in [0.15, 0.2) is 6.20 Å². The molecule has 22 heavy (non-hydrogen) atoms. The highest BCUT2D eigenvalue weighted by Gasteiger charge is 2.26. The van der Waals surface area contributed by atoms with Crippen LogP contribution in [-0.4, -0.2) is 59.6 Å². The van der Waals surface area contributed by atoms with E-state index >= 15 is 0 Å². The van der Waals surface area contributed by atoms with Crippen LogP contribution >= 0.6 is 0 Å². The van der Waals surface area contributed by atoms with Gasteiger partial charge in [0, 0.05) is 26.2 Å². The van der Waals surface area contributed by atoms with E-state index in [2.05, 4.69) is 20.9 Å². The van der Waals surface area contributed by atoms with Gasteiger partial charge >= 0.3 is 6.03 Å². The van der Waals surface area contributed by atoms with Crippen molar-refractivity contribution in [2.75, 3.05) is 31.2 Å². The van der Waals surface area contributed by atoms with E-state index in [-0.39, 0.29) is 11.9 Å². The Hall–Kier alpha value is -1.68. The maximum Gasteiger partial charge on any atom is 0.320 e. The standard InChI is InChI=1S/C12H22N6O3S/c1-3-17-9-11(15-16-17)14-12(19)13-7-10-5-4-6-18(8-10)22(2,20)21/h9-10H,3-8H2,1-2H3,(H2,13,14,19). The second kappa shape index (κ2) is 7.05. The summed E-state index contributed by atoms with van der Waals surface area (Å²) in [5.74, 6) is 0.515. The van der Waals surface area contributed by atoms with Crippen molar-refractivity contribution in [1.29, 1.82) is 0 Å². The van der Waals surface area contributed by atoms with Crippen LogP contribution in [0.4, 0.5) is 10.6 Å². The molecule has 0 saturated carbocycles. The van der Waals surface area contributed by atoms with Gasteiger partial charge in [-0.15, -0.1) is 5.10 Å². The van der Waals surface area contributed by atoms with Crippen LogP contribution < -0.4 is 10.6 Å². The maximum atomic E-state index is 11.8. The van der Waals surface area contributed by atoms with E-state index in [4.69, 9.17) is 0 Å². The number of aryl methyl sites for hydroxylation is 1. The van der Waals surface area contributed by atoms with E-state index < -0.39 is 10.0 Å². The van der Waals surface area contributed by atoms with Crippen LogP contribution in [-0.2, 0) is 16.6 Å². The topological polar surface area (TPSA) is 109 Å². The zero-order valence-electron chi connectivity index (χ0n) is 12.8. The third-order valence-electron chi connectivity index (χ3n) is 3.61. The first kappa shape index (κ1) is 16.7. The van der Waals surface area contributed by atoms with E-state index in [0.717, 1.165) is 12.8 Å². The first-order valence-electron chi connectivity index (χ1n) is 7.28. The molecule has 9 nitrogen and oxygen atoms in total. The molecular formula is C12H22N6O3S. The van der Waals surface area contributed by atoms with Gasteiger partial charge in [-0.2, -0.15) is 0 Å². The number of anilines is 1. The Bertz CT molecular complexity index is 614. The van der Waals surface area contributed by atoms with Gasteiger partial charge in [-0.1, -0.05) is 5.21 Å². The number of nitrogens with zero attached hydrogens (tertiary/aromatic N) is 4. The maximum absolute atomic E-state index is 11.8. The summed E-state index contributed by atoms with van der Waals surface area (Å²) in [5.41, 5.74) is 0. The molecule has 1 aromatic heterocycles. The molecule has 2 amide bonds. The van der Waals surface area contributed by atoms with E-state index in [0.29, 0.717) is 32.0 Å². The Labute approximate surface area is 130 Å². The van der Waals surface area contributed by atoms with Gasteiger partial charge in [0.15, 0.2) is 5.82 Å². The molecule has 1 aliphatic rings. The zero-order valence-corrected chi connectivity index (χ0v) is 13.6. The van der Waals surface area contributed by atoms with Gasteiger partial charge in [0.05, 0.1) is 12.5 Å². The lowest BCUT2D eigenvalue weighted by Crippen LogP contribution is -2.43. The molecule has 0 aromatic carbocycles. The lowest BCUT2D eigenvalue weighted by Gasteiger charge is -2.30. The van der Waals surface area contributed by atoms with Gasteiger partial charge in [0.1, 0.15) is 0 Å². The van der Waals surface area contributed by atoms with Crippen molar-refractivity contribution >= 4 is 21.9 Å². The summed E-state index contributed by atoms with van der Waals surface area (Å²) in [6.45, 7) is 4.04. The van der Waals surface area contributed by atoms with Gasteiger partial charge in [-0.25, -0.2) is 17.5 Å². The fourth-order valence-electron chi connectivity index (χ4n) is 2.40. The highest BCUT2D eigenvalue weighted by atomic mass is 32.2. The van der Waals surface area contributed by atoms with Crippen molar-refractivity contribution in [1.82, 2.24) is 24.6 Å². The molecule has 0 spiro atoms. The van der Waals surface area contributed by atoms with Crippen LogP contribution in [0.3, 0.4) is 0 Å². The number of urea groups is 1. The van der Waals surface area contributed by atoms with Gasteiger partial charge < -0.3 is 5.32 Å². The molecule has 1 atom stereocenters. The number of piperidine rings is 1. The van der Waals surface area contributed by atoms with Crippen molar-refractivity contribution in [2.45, 2.75) is 26.3 Å². The summed E-state index contributed by atoms with van der Waals surface area (Å²) in [4.78, 5) is 11.8. The van der Waals surface area contributed by atoms with E-state index in [9.17, 15) is 13.2 Å². The molecule has 1 aromatic rings. The fourth-order valence-corrected chi connectivity index (χ4v) is 3.34. The molecule has 2 heterocycles. The Kier molecular flexibility index (Phi) is 5.35. The second-order valence-electron chi connectivity index (χ2n) is 5.42. The van der Waals surface area contributed by atoms with Crippen LogP contribution in [0.5, 0.6) is 0 Å². The van der Waals surface area contributed by atoms with Crippen molar-refractivity contribution < 1.29 is 13.2 Å². The van der Waals surface area contributed by atoms with Crippen LogP contribution in [0.2, 0.25) is 0 Å². The smallest absolute Gasteiger partial charge is 0.320 e. The van der Waals surface area contributed by atoms with E-state index in [1.165, 1.54) is 10.6 Å². The molecule has 0 bridgehead atoms. The molecule has 1 saturated heterocycles. The van der Waals surface area contributed by atoms with Gasteiger partial charge in [0.2, 0.25) is 10.0 Å². The second-order valence-corrected chi connectivity index (χ2v) is 7.41. The Morgan fingerprint density at radius 3 is 2.91 bits per heavy atom. The highest BCUT2D eigenvalue weighted by molar-refractivity contribution is 7.88. The minimum absolute atomic E-state index is 0.126. The SMILES string of the molecule is CCn1cc(NC(=O)NCC2CCCN(S(C)(=O)=O)C2)nn1. The predicted molar refractivity (Wildman–Crippen MR) is 81.9 cm³/mol. The molecule has 0 aliphatic carbocycles. The third-order valence-corrected chi connectivity index (χ3v) is 4.88. The lowest BCUT2D eigenvalue weighted by atomic mass is 10.00. The normalized spacial score (nSPS) is 19.8. The Morgan fingerprint density at radius 1 is 1.50 bits per heavy atom. The van der Waals surface area contributed by atoms with Crippen molar-refractivity contribution in [3.05, 3.63) is 6.20 Å². The third kappa shape index (κ3) is 4.67. The number of hydrogen-bond acceptors (Lipinski definition) is 5. The highest BCUT2D eigenvalue weighted by Crippen LogP contribution is 2.17. The van der Waals surface area contributed by atoms with Crippen molar-refractivity contribution in [2.24, 2.45) is 5.92 Å². The Morgan fingerprint density at radius 2 is 2.27 bits per heavy atom. The molecule has 2 N–H and O–H groups in total. The summed E-state index contributed by atoms with van der Waals surface area (Å²) in [6, 6.07) is -0.361. The number of hydrogen-bond donors (Lipinski definition) is 2. The minimum Gasteiger partial charge on any atom is -0.338 e. The first-order valence-corrected chi connectivity index (χ1v) is 9.13. The molecule has 1 fully saturated rings. The fraction of sp³-hybridized carbons (Fsp3) is 0.750. The number of amides is 2. The number of aromatic nitrogens is 3. The van der Waals surface area contributed by atoms with Gasteiger partial charge in [0.25, 0.3) is 0 Å². The average Bonchev–Trinajstić information content (AvgIpc) is 2.92. The first-order chi connectivity index (χ1) is 10.4. The summed E-state index contributed by atoms with van der Waals surface area (Å²) < 4.78 is 26.2. The number of nitrogens with one attached hydrogen (secondary N) is 2. The van der Waals surface area contributed by atoms with E-state index in [1.807, 2.05) is 6.92 Å². The molecule has 2 rings (SSSR count). The van der Waals surface area contributed by atoms with Crippen LogP contribution in [0.25, 0.3) is 0 Å². The minimum atomic E-state index is -3.16. The molecule has 124 valence electrons. The number of carbonyl (C=O) groups is 1. The zero-order chi connectivity index (χ0) is 16.2. The molecule has 1 aliphatic heterocycles. The summed E-state index contributed by atoms with van der Waals surface area (Å²) in [6.07, 6.45) is 4.57. The summed E-state index contributed by atoms with van der Waals surface area (Å²) >= 11 is 0. The molecule has 1 unspecified atom stereocenters. The van der Waals surface area contributed by atoms with Crippen molar-refractivity contribution in [3.8, 4) is 0 Å². The number of sulfonamides is 1. The van der Waals surface area contributed by atoms with Gasteiger partial charge in [-0.3, -0.25) is 10.00 Å². The number of carbonyl (C=O) groups excluding carboxylic acids is 1.